The molecule has 2 heterocycles. The molecule has 0 unspecified atom stereocenters. The highest BCUT2D eigenvalue weighted by Crippen LogP contribution is 2.26. The van der Waals surface area contributed by atoms with Crippen LogP contribution < -0.4 is 4.74 Å². The van der Waals surface area contributed by atoms with Gasteiger partial charge in [0.15, 0.2) is 6.29 Å². The van der Waals surface area contributed by atoms with Crippen molar-refractivity contribution in [2.75, 3.05) is 26.4 Å². The van der Waals surface area contributed by atoms with Crippen molar-refractivity contribution >= 4 is 11.8 Å². The van der Waals surface area contributed by atoms with Gasteiger partial charge in [-0.2, -0.15) is 0 Å². The predicted molar refractivity (Wildman–Crippen MR) is 97.5 cm³/mol. The molecule has 2 aliphatic heterocycles. The van der Waals surface area contributed by atoms with Gasteiger partial charge in [-0.25, -0.2) is 0 Å². The first-order chi connectivity index (χ1) is 13.2. The van der Waals surface area contributed by atoms with Gasteiger partial charge in [0, 0.05) is 12.1 Å². The lowest BCUT2D eigenvalue weighted by molar-refractivity contribution is -0.0442. The number of amides is 2. The molecule has 1 fully saturated rings. The van der Waals surface area contributed by atoms with E-state index in [9.17, 15) is 9.59 Å². The normalized spacial score (nSPS) is 17.1. The lowest BCUT2D eigenvalue weighted by Crippen LogP contribution is -2.29. The minimum atomic E-state index is -0.335. The Morgan fingerprint density at radius 3 is 2.37 bits per heavy atom. The molecule has 2 aromatic rings. The van der Waals surface area contributed by atoms with Gasteiger partial charge in [0.2, 0.25) is 0 Å². The lowest BCUT2D eigenvalue weighted by Gasteiger charge is -2.11. The number of carbonyl (C=O) groups is 2. The molecular weight excluding hydrogens is 346 g/mol. The van der Waals surface area contributed by atoms with Crippen molar-refractivity contribution < 1.29 is 23.8 Å². The lowest BCUT2D eigenvalue weighted by atomic mass is 10.1. The minimum absolute atomic E-state index is 0.222. The molecule has 0 aliphatic carbocycles. The number of carbonyl (C=O) groups excluding carboxylic acids is 2. The van der Waals surface area contributed by atoms with Crippen LogP contribution in [0.4, 0.5) is 0 Å². The van der Waals surface area contributed by atoms with E-state index < -0.39 is 0 Å². The van der Waals surface area contributed by atoms with Crippen LogP contribution in [-0.4, -0.2) is 43.1 Å². The number of fused-ring (bicyclic) bond motifs is 1. The second kappa shape index (κ2) is 7.73. The average Bonchev–Trinajstić information content (AvgIpc) is 3.32. The Labute approximate surface area is 156 Å². The van der Waals surface area contributed by atoms with Crippen LogP contribution in [0.3, 0.4) is 0 Å². The summed E-state index contributed by atoms with van der Waals surface area (Å²) in [6.45, 7) is 1.74. The Balaban J connectivity index is 1.30. The van der Waals surface area contributed by atoms with Crippen LogP contribution in [0.25, 0.3) is 0 Å². The van der Waals surface area contributed by atoms with Gasteiger partial charge in [-0.3, -0.25) is 14.5 Å². The Morgan fingerprint density at radius 1 is 0.963 bits per heavy atom. The smallest absolute Gasteiger partial charge is 0.261 e. The maximum atomic E-state index is 12.3. The number of rotatable bonds is 6. The average molecular weight is 365 g/mol. The van der Waals surface area contributed by atoms with E-state index in [0.717, 1.165) is 5.56 Å². The zero-order valence-electron chi connectivity index (χ0n) is 14.7. The Kier molecular flexibility index (Phi) is 5.00. The highest BCUT2D eigenvalue weighted by molar-refractivity contribution is 6.21. The van der Waals surface area contributed by atoms with Gasteiger partial charge in [-0.1, -0.05) is 30.3 Å². The van der Waals surface area contributed by atoms with Gasteiger partial charge >= 0.3 is 0 Å². The summed E-state index contributed by atoms with van der Waals surface area (Å²) in [5.41, 5.74) is 1.83. The molecule has 0 atom stereocenters. The third kappa shape index (κ3) is 3.63. The number of hydrogen-bond acceptors (Lipinski definition) is 5. The summed E-state index contributed by atoms with van der Waals surface area (Å²) < 4.78 is 16.7. The van der Waals surface area contributed by atoms with Crippen molar-refractivity contribution in [2.24, 2.45) is 0 Å². The van der Waals surface area contributed by atoms with Crippen LogP contribution >= 0.6 is 0 Å². The van der Waals surface area contributed by atoms with E-state index in [1.807, 2.05) is 24.3 Å². The fraction of sp³-hybridized carbons (Fsp3) is 0.238. The summed E-state index contributed by atoms with van der Waals surface area (Å²) >= 11 is 0. The van der Waals surface area contributed by atoms with Gasteiger partial charge in [-0.05, 0) is 30.3 Å². The van der Waals surface area contributed by atoms with Crippen LogP contribution in [0.1, 0.15) is 32.6 Å². The summed E-state index contributed by atoms with van der Waals surface area (Å²) in [6.07, 6.45) is 3.21. The van der Waals surface area contributed by atoms with E-state index in [0.29, 0.717) is 36.7 Å². The highest BCUT2D eigenvalue weighted by Gasteiger charge is 2.34. The molecule has 2 amide bonds. The molecule has 0 spiro atoms. The van der Waals surface area contributed by atoms with Gasteiger partial charge in [0.05, 0.1) is 24.3 Å². The Bertz CT molecular complexity index is 851. The first-order valence-electron chi connectivity index (χ1n) is 8.80. The molecule has 0 bridgehead atoms. The third-order valence-electron chi connectivity index (χ3n) is 4.43. The van der Waals surface area contributed by atoms with Crippen molar-refractivity contribution in [3.8, 4) is 5.75 Å². The molecule has 6 heteroatoms. The Morgan fingerprint density at radius 2 is 1.67 bits per heavy atom. The molecular formula is C21H19NO5. The van der Waals surface area contributed by atoms with Crippen LogP contribution in [-0.2, 0) is 9.47 Å². The summed E-state index contributed by atoms with van der Waals surface area (Å²) in [5, 5.41) is 0. The second-order valence-electron chi connectivity index (χ2n) is 6.19. The first kappa shape index (κ1) is 17.5. The van der Waals surface area contributed by atoms with Crippen LogP contribution in [0.15, 0.2) is 60.7 Å². The maximum Gasteiger partial charge on any atom is 0.261 e. The van der Waals surface area contributed by atoms with Crippen molar-refractivity contribution in [2.45, 2.75) is 6.29 Å². The number of ether oxygens (including phenoxy) is 3. The van der Waals surface area contributed by atoms with Gasteiger partial charge in [-0.15, -0.1) is 0 Å². The van der Waals surface area contributed by atoms with Gasteiger partial charge < -0.3 is 14.2 Å². The molecule has 4 rings (SSSR count). The molecule has 138 valence electrons. The fourth-order valence-electron chi connectivity index (χ4n) is 3.10. The van der Waals surface area contributed by atoms with Gasteiger partial charge in [0.1, 0.15) is 12.4 Å². The zero-order chi connectivity index (χ0) is 18.6. The predicted octanol–water partition coefficient (Wildman–Crippen LogP) is 2.96. The summed E-state index contributed by atoms with van der Waals surface area (Å²) in [4.78, 5) is 25.8. The van der Waals surface area contributed by atoms with E-state index in [-0.39, 0.29) is 24.6 Å². The van der Waals surface area contributed by atoms with Crippen molar-refractivity contribution in [3.05, 3.63) is 77.4 Å². The van der Waals surface area contributed by atoms with Crippen molar-refractivity contribution in [3.63, 3.8) is 0 Å². The molecule has 6 nitrogen and oxygen atoms in total. The van der Waals surface area contributed by atoms with Crippen molar-refractivity contribution in [1.82, 2.24) is 4.90 Å². The van der Waals surface area contributed by atoms with Gasteiger partial charge in [0.25, 0.3) is 11.8 Å². The SMILES string of the molecule is O=C1c2ccccc2C(=O)N1C/C=C\COc1cccc(C2OCCO2)c1. The van der Waals surface area contributed by atoms with E-state index in [1.54, 1.807) is 36.4 Å². The van der Waals surface area contributed by atoms with Crippen LogP contribution in [0.5, 0.6) is 5.75 Å². The summed E-state index contributed by atoms with van der Waals surface area (Å²) in [6, 6.07) is 14.4. The van der Waals surface area contributed by atoms with Crippen LogP contribution in [0.2, 0.25) is 0 Å². The van der Waals surface area contributed by atoms with E-state index in [1.165, 1.54) is 4.90 Å². The number of nitrogens with zero attached hydrogens (tertiary/aromatic N) is 1. The molecule has 2 aliphatic rings. The molecule has 0 saturated carbocycles. The quantitative estimate of drug-likeness (QED) is 0.582. The first-order valence-corrected chi connectivity index (χ1v) is 8.80. The molecule has 2 aromatic carbocycles. The maximum absolute atomic E-state index is 12.3. The monoisotopic (exact) mass is 365 g/mol. The third-order valence-corrected chi connectivity index (χ3v) is 4.43. The van der Waals surface area contributed by atoms with Crippen molar-refractivity contribution in [1.29, 1.82) is 0 Å². The number of benzene rings is 2. The molecule has 27 heavy (non-hydrogen) atoms. The molecule has 0 N–H and O–H groups in total. The summed E-state index contributed by atoms with van der Waals surface area (Å²) in [5.74, 6) is 0.188. The number of imide groups is 1. The largest absolute Gasteiger partial charge is 0.490 e. The standard InChI is InChI=1S/C21H19NO5/c23-19-17-8-1-2-9-18(17)20(24)22(19)10-3-4-11-25-16-7-5-6-15(14-16)21-26-12-13-27-21/h1-9,14,21H,10-13H2/b4-3-. The molecule has 0 radical (unpaired) electrons. The molecule has 0 aromatic heterocycles. The highest BCUT2D eigenvalue weighted by atomic mass is 16.7. The van der Waals surface area contributed by atoms with E-state index in [2.05, 4.69) is 0 Å². The summed E-state index contributed by atoms with van der Waals surface area (Å²) in [7, 11) is 0. The van der Waals surface area contributed by atoms with Crippen LogP contribution in [0, 0.1) is 0 Å². The second-order valence-corrected chi connectivity index (χ2v) is 6.19. The molecule has 1 saturated heterocycles. The minimum Gasteiger partial charge on any atom is -0.490 e. The number of hydrogen-bond donors (Lipinski definition) is 0. The van der Waals surface area contributed by atoms with E-state index >= 15 is 0 Å². The topological polar surface area (TPSA) is 65.1 Å². The Hall–Kier alpha value is -2.96. The zero-order valence-corrected chi connectivity index (χ0v) is 14.7. The van der Waals surface area contributed by atoms with E-state index in [4.69, 9.17) is 14.2 Å². The fourth-order valence-corrected chi connectivity index (χ4v) is 3.10.